The number of nitrogens with zero attached hydrogens (tertiary/aromatic N) is 2. The molecule has 0 radical (unpaired) electrons. The number of hydrogen-bond donors (Lipinski definition) is 2. The maximum Gasteiger partial charge on any atom is 0.222 e. The van der Waals surface area contributed by atoms with E-state index in [2.05, 4.69) is 15.3 Å². The second kappa shape index (κ2) is 4.34. The number of aromatic nitrogens is 2. The van der Waals surface area contributed by atoms with E-state index in [1.165, 1.54) is 0 Å². The summed E-state index contributed by atoms with van der Waals surface area (Å²) in [5.74, 6) is 0.669. The average molecular weight is 194 g/mol. The van der Waals surface area contributed by atoms with Gasteiger partial charge in [0.1, 0.15) is 0 Å². The first-order chi connectivity index (χ1) is 6.90. The Morgan fingerprint density at radius 1 is 1.50 bits per heavy atom. The van der Waals surface area contributed by atoms with Gasteiger partial charge >= 0.3 is 0 Å². The van der Waals surface area contributed by atoms with Crippen LogP contribution in [0, 0.1) is 0 Å². The lowest BCUT2D eigenvalue weighted by atomic mass is 10.3. The minimum Gasteiger partial charge on any atom is -0.370 e. The predicted octanol–water partition coefficient (Wildman–Crippen LogP) is 0.267. The van der Waals surface area contributed by atoms with Crippen LogP contribution in [0.15, 0.2) is 6.20 Å². The van der Waals surface area contributed by atoms with Crippen molar-refractivity contribution in [1.82, 2.24) is 9.97 Å². The van der Waals surface area contributed by atoms with Gasteiger partial charge in [0.25, 0.3) is 0 Å². The van der Waals surface area contributed by atoms with Crippen LogP contribution in [0.3, 0.4) is 0 Å². The Morgan fingerprint density at radius 2 is 2.43 bits per heavy atom. The van der Waals surface area contributed by atoms with Gasteiger partial charge in [-0.2, -0.15) is 0 Å². The molecule has 0 saturated heterocycles. The second-order valence-electron chi connectivity index (χ2n) is 3.23. The van der Waals surface area contributed by atoms with Gasteiger partial charge in [-0.3, -0.25) is 0 Å². The van der Waals surface area contributed by atoms with Crippen molar-refractivity contribution in [2.45, 2.75) is 19.6 Å². The molecule has 0 amide bonds. The molecule has 5 nitrogen and oxygen atoms in total. The standard InChI is InChI=1S/C9H14N4O/c10-2-1-3-11-9-12-4-7-5-14-6-8(7)13-9/h4H,1-3,5-6,10H2,(H,11,12,13). The fourth-order valence-electron chi connectivity index (χ4n) is 1.33. The van der Waals surface area contributed by atoms with Crippen molar-refractivity contribution in [1.29, 1.82) is 0 Å². The van der Waals surface area contributed by atoms with Crippen molar-refractivity contribution in [3.05, 3.63) is 17.5 Å². The third-order valence-corrected chi connectivity index (χ3v) is 2.11. The van der Waals surface area contributed by atoms with E-state index in [1.54, 1.807) is 0 Å². The third kappa shape index (κ3) is 2.00. The van der Waals surface area contributed by atoms with Crippen LogP contribution in [0.1, 0.15) is 17.7 Å². The van der Waals surface area contributed by atoms with Crippen LogP contribution in [-0.4, -0.2) is 23.1 Å². The lowest BCUT2D eigenvalue weighted by Gasteiger charge is -2.04. The van der Waals surface area contributed by atoms with Crippen molar-refractivity contribution in [2.24, 2.45) is 5.73 Å². The van der Waals surface area contributed by atoms with Gasteiger partial charge in [-0.25, -0.2) is 9.97 Å². The number of rotatable bonds is 4. The van der Waals surface area contributed by atoms with Crippen molar-refractivity contribution >= 4 is 5.95 Å². The van der Waals surface area contributed by atoms with Crippen molar-refractivity contribution < 1.29 is 4.74 Å². The number of nitrogens with one attached hydrogen (secondary N) is 1. The Morgan fingerprint density at radius 3 is 3.29 bits per heavy atom. The van der Waals surface area contributed by atoms with Gasteiger partial charge in [-0.05, 0) is 13.0 Å². The van der Waals surface area contributed by atoms with E-state index in [-0.39, 0.29) is 0 Å². The highest BCUT2D eigenvalue weighted by Crippen LogP contribution is 2.17. The molecule has 14 heavy (non-hydrogen) atoms. The summed E-state index contributed by atoms with van der Waals surface area (Å²) in [6.07, 6.45) is 2.75. The Labute approximate surface area is 82.7 Å². The van der Waals surface area contributed by atoms with Gasteiger partial charge in [-0.15, -0.1) is 0 Å². The fourth-order valence-corrected chi connectivity index (χ4v) is 1.33. The van der Waals surface area contributed by atoms with Crippen LogP contribution in [0.5, 0.6) is 0 Å². The predicted molar refractivity (Wildman–Crippen MR) is 52.7 cm³/mol. The monoisotopic (exact) mass is 194 g/mol. The summed E-state index contributed by atoms with van der Waals surface area (Å²) in [5, 5.41) is 3.12. The lowest BCUT2D eigenvalue weighted by molar-refractivity contribution is 0.133. The Bertz CT molecular complexity index is 316. The average Bonchev–Trinajstić information content (AvgIpc) is 2.65. The number of ether oxygens (including phenoxy) is 1. The maximum absolute atomic E-state index is 5.38. The van der Waals surface area contributed by atoms with Gasteiger partial charge in [0.15, 0.2) is 0 Å². The topological polar surface area (TPSA) is 73.1 Å². The number of nitrogens with two attached hydrogens (primary N) is 1. The van der Waals surface area contributed by atoms with E-state index in [1.807, 2.05) is 6.20 Å². The van der Waals surface area contributed by atoms with Crippen LogP contribution in [0.25, 0.3) is 0 Å². The molecule has 1 aromatic rings. The van der Waals surface area contributed by atoms with Crippen LogP contribution >= 0.6 is 0 Å². The van der Waals surface area contributed by atoms with E-state index in [4.69, 9.17) is 10.5 Å². The number of anilines is 1. The maximum atomic E-state index is 5.38. The van der Waals surface area contributed by atoms with Crippen LogP contribution in [-0.2, 0) is 18.0 Å². The summed E-state index contributed by atoms with van der Waals surface area (Å²) in [6.45, 7) is 2.74. The molecule has 2 rings (SSSR count). The van der Waals surface area contributed by atoms with Crippen molar-refractivity contribution in [3.8, 4) is 0 Å². The highest BCUT2D eigenvalue weighted by Gasteiger charge is 2.13. The van der Waals surface area contributed by atoms with E-state index in [0.717, 1.165) is 24.2 Å². The van der Waals surface area contributed by atoms with Crippen LogP contribution < -0.4 is 11.1 Å². The van der Waals surface area contributed by atoms with Gasteiger partial charge in [0.05, 0.1) is 18.9 Å². The molecule has 0 spiro atoms. The van der Waals surface area contributed by atoms with E-state index in [0.29, 0.717) is 25.7 Å². The summed E-state index contributed by atoms with van der Waals surface area (Å²) >= 11 is 0. The zero-order valence-electron chi connectivity index (χ0n) is 7.99. The molecule has 0 fully saturated rings. The smallest absolute Gasteiger partial charge is 0.222 e. The molecular weight excluding hydrogens is 180 g/mol. The minimum absolute atomic E-state index is 0.601. The Kier molecular flexibility index (Phi) is 2.90. The summed E-state index contributed by atoms with van der Waals surface area (Å²) in [4.78, 5) is 8.52. The van der Waals surface area contributed by atoms with Gasteiger partial charge in [0.2, 0.25) is 5.95 Å². The molecule has 1 aromatic heterocycles. The van der Waals surface area contributed by atoms with E-state index < -0.39 is 0 Å². The van der Waals surface area contributed by atoms with Crippen LogP contribution in [0.4, 0.5) is 5.95 Å². The normalized spacial score (nSPS) is 14.1. The molecular formula is C9H14N4O. The highest BCUT2D eigenvalue weighted by atomic mass is 16.5. The molecule has 1 aliphatic heterocycles. The highest BCUT2D eigenvalue weighted by molar-refractivity contribution is 5.30. The molecule has 5 heteroatoms. The van der Waals surface area contributed by atoms with Gasteiger partial charge in [0, 0.05) is 18.3 Å². The molecule has 3 N–H and O–H groups in total. The van der Waals surface area contributed by atoms with Gasteiger partial charge < -0.3 is 15.8 Å². The summed E-state index contributed by atoms with van der Waals surface area (Å²) in [7, 11) is 0. The quantitative estimate of drug-likeness (QED) is 0.673. The largest absolute Gasteiger partial charge is 0.370 e. The molecule has 0 unspecified atom stereocenters. The Hall–Kier alpha value is -1.20. The summed E-state index contributed by atoms with van der Waals surface area (Å²) < 4.78 is 5.25. The third-order valence-electron chi connectivity index (χ3n) is 2.11. The molecule has 0 aromatic carbocycles. The van der Waals surface area contributed by atoms with Crippen molar-refractivity contribution in [2.75, 3.05) is 18.4 Å². The molecule has 76 valence electrons. The molecule has 2 heterocycles. The first-order valence-electron chi connectivity index (χ1n) is 4.76. The zero-order chi connectivity index (χ0) is 9.80. The molecule has 0 aliphatic carbocycles. The SMILES string of the molecule is NCCCNc1ncc2c(n1)COC2. The van der Waals surface area contributed by atoms with E-state index >= 15 is 0 Å². The number of hydrogen-bond acceptors (Lipinski definition) is 5. The summed E-state index contributed by atoms with van der Waals surface area (Å²) in [5.41, 5.74) is 7.47. The molecule has 1 aliphatic rings. The zero-order valence-corrected chi connectivity index (χ0v) is 7.99. The summed E-state index contributed by atoms with van der Waals surface area (Å²) in [6, 6.07) is 0. The Balaban J connectivity index is 1.98. The molecule has 0 saturated carbocycles. The van der Waals surface area contributed by atoms with Crippen molar-refractivity contribution in [3.63, 3.8) is 0 Å². The number of fused-ring (bicyclic) bond motifs is 1. The molecule has 0 bridgehead atoms. The lowest BCUT2D eigenvalue weighted by Crippen LogP contribution is -2.11. The second-order valence-corrected chi connectivity index (χ2v) is 3.23. The fraction of sp³-hybridized carbons (Fsp3) is 0.556. The molecule has 0 atom stereocenters. The minimum atomic E-state index is 0.601. The van der Waals surface area contributed by atoms with E-state index in [9.17, 15) is 0 Å². The first kappa shape index (κ1) is 9.36. The first-order valence-corrected chi connectivity index (χ1v) is 4.76. The van der Waals surface area contributed by atoms with Gasteiger partial charge in [-0.1, -0.05) is 0 Å². The van der Waals surface area contributed by atoms with Crippen LogP contribution in [0.2, 0.25) is 0 Å².